The average molecular weight is 405 g/mol. The lowest BCUT2D eigenvalue weighted by Crippen LogP contribution is -2.20. The monoisotopic (exact) mass is 404 g/mol. The molecule has 0 heterocycles. The zero-order valence-electron chi connectivity index (χ0n) is 16.8. The summed E-state index contributed by atoms with van der Waals surface area (Å²) in [5, 5.41) is 4.25. The summed E-state index contributed by atoms with van der Waals surface area (Å²) in [6.45, 7) is 5.94. The SMILES string of the molecule is C/C(=C\C(=N/NS(=O)(=O)c1ccc(C)cc1)c1ccccc1)c1ccc(C)cc1. The predicted octanol–water partition coefficient (Wildman–Crippen LogP) is 5.09. The Morgan fingerprint density at radius 3 is 1.93 bits per heavy atom. The molecule has 5 heteroatoms. The average Bonchev–Trinajstić information content (AvgIpc) is 2.72. The van der Waals surface area contributed by atoms with Gasteiger partial charge in [0.15, 0.2) is 0 Å². The van der Waals surface area contributed by atoms with Crippen molar-refractivity contribution in [3.63, 3.8) is 0 Å². The van der Waals surface area contributed by atoms with E-state index in [1.165, 1.54) is 5.56 Å². The second-order valence-electron chi connectivity index (χ2n) is 6.96. The van der Waals surface area contributed by atoms with Gasteiger partial charge in [0, 0.05) is 5.56 Å². The molecule has 148 valence electrons. The summed E-state index contributed by atoms with van der Waals surface area (Å²) in [6, 6.07) is 24.4. The third-order valence-corrected chi connectivity index (χ3v) is 5.77. The fourth-order valence-electron chi connectivity index (χ4n) is 2.77. The Labute approximate surface area is 172 Å². The van der Waals surface area contributed by atoms with E-state index < -0.39 is 10.0 Å². The van der Waals surface area contributed by atoms with Crippen molar-refractivity contribution in [2.24, 2.45) is 5.10 Å². The smallest absolute Gasteiger partial charge is 0.200 e. The molecule has 0 radical (unpaired) electrons. The number of rotatable bonds is 6. The van der Waals surface area contributed by atoms with Gasteiger partial charge in [-0.05, 0) is 50.1 Å². The standard InChI is InChI=1S/C24H24N2O2S/c1-18-9-13-21(14-10-18)20(3)17-24(22-7-5-4-6-8-22)25-26-29(27,28)23-15-11-19(2)12-16-23/h4-17,26H,1-3H3/b20-17+,25-24+. The van der Waals surface area contributed by atoms with Crippen LogP contribution in [0.4, 0.5) is 0 Å². The van der Waals surface area contributed by atoms with Crippen LogP contribution in [0.25, 0.3) is 5.57 Å². The van der Waals surface area contributed by atoms with Crippen molar-refractivity contribution in [2.45, 2.75) is 25.7 Å². The minimum atomic E-state index is -3.75. The fourth-order valence-corrected chi connectivity index (χ4v) is 3.59. The third kappa shape index (κ3) is 5.42. The van der Waals surface area contributed by atoms with Gasteiger partial charge in [-0.2, -0.15) is 18.4 Å². The van der Waals surface area contributed by atoms with Crippen molar-refractivity contribution in [2.75, 3.05) is 0 Å². The quantitative estimate of drug-likeness (QED) is 0.459. The molecule has 0 spiro atoms. The molecule has 0 fully saturated rings. The van der Waals surface area contributed by atoms with Gasteiger partial charge in [0.25, 0.3) is 10.0 Å². The lowest BCUT2D eigenvalue weighted by atomic mass is 10.0. The Bertz CT molecular complexity index is 1130. The van der Waals surface area contributed by atoms with Crippen molar-refractivity contribution in [1.29, 1.82) is 0 Å². The number of hydrogen-bond donors (Lipinski definition) is 1. The molecule has 0 saturated carbocycles. The van der Waals surface area contributed by atoms with Gasteiger partial charge in [-0.3, -0.25) is 0 Å². The van der Waals surface area contributed by atoms with E-state index >= 15 is 0 Å². The van der Waals surface area contributed by atoms with Crippen LogP contribution in [-0.2, 0) is 10.0 Å². The van der Waals surface area contributed by atoms with Crippen LogP contribution in [0, 0.1) is 13.8 Å². The molecular formula is C24H24N2O2S. The fraction of sp³-hybridized carbons (Fsp3) is 0.125. The first kappa shape index (κ1) is 20.6. The molecule has 0 unspecified atom stereocenters. The number of allylic oxidation sites excluding steroid dienone is 2. The first-order valence-electron chi connectivity index (χ1n) is 9.32. The van der Waals surface area contributed by atoms with Gasteiger partial charge in [0.05, 0.1) is 10.6 Å². The van der Waals surface area contributed by atoms with Crippen LogP contribution >= 0.6 is 0 Å². The van der Waals surface area contributed by atoms with Crippen LogP contribution in [0.3, 0.4) is 0 Å². The van der Waals surface area contributed by atoms with Gasteiger partial charge >= 0.3 is 0 Å². The number of hydrazone groups is 1. The number of sulfonamides is 1. The van der Waals surface area contributed by atoms with E-state index in [1.807, 2.05) is 81.4 Å². The zero-order valence-corrected chi connectivity index (χ0v) is 17.6. The second kappa shape index (κ2) is 8.88. The predicted molar refractivity (Wildman–Crippen MR) is 119 cm³/mol. The summed E-state index contributed by atoms with van der Waals surface area (Å²) in [5.74, 6) is 0. The van der Waals surface area contributed by atoms with Crippen molar-refractivity contribution in [3.8, 4) is 0 Å². The van der Waals surface area contributed by atoms with Crippen LogP contribution in [0.5, 0.6) is 0 Å². The number of benzene rings is 3. The molecule has 0 bridgehead atoms. The normalized spacial score (nSPS) is 12.7. The maximum absolute atomic E-state index is 12.6. The number of hydrogen-bond acceptors (Lipinski definition) is 3. The molecule has 0 atom stereocenters. The Balaban J connectivity index is 1.96. The summed E-state index contributed by atoms with van der Waals surface area (Å²) in [5.41, 5.74) is 5.59. The lowest BCUT2D eigenvalue weighted by molar-refractivity contribution is 0.584. The van der Waals surface area contributed by atoms with Gasteiger partial charge in [-0.25, -0.2) is 0 Å². The summed E-state index contributed by atoms with van der Waals surface area (Å²) in [6.07, 6.45) is 1.89. The van der Waals surface area contributed by atoms with E-state index in [2.05, 4.69) is 9.93 Å². The maximum atomic E-state index is 12.6. The van der Waals surface area contributed by atoms with Gasteiger partial charge in [-0.1, -0.05) is 77.9 Å². The summed E-state index contributed by atoms with van der Waals surface area (Å²) >= 11 is 0. The number of aryl methyl sites for hydroxylation is 2. The van der Waals surface area contributed by atoms with Crippen LogP contribution in [0.2, 0.25) is 0 Å². The molecule has 0 aromatic heterocycles. The number of nitrogens with one attached hydrogen (secondary N) is 1. The summed E-state index contributed by atoms with van der Waals surface area (Å²) in [7, 11) is -3.75. The van der Waals surface area contributed by atoms with Crippen LogP contribution in [-0.4, -0.2) is 14.1 Å². The van der Waals surface area contributed by atoms with E-state index in [9.17, 15) is 8.42 Å². The molecule has 0 saturated heterocycles. The first-order chi connectivity index (χ1) is 13.8. The minimum absolute atomic E-state index is 0.179. The highest BCUT2D eigenvalue weighted by Gasteiger charge is 2.13. The molecule has 29 heavy (non-hydrogen) atoms. The summed E-state index contributed by atoms with van der Waals surface area (Å²) < 4.78 is 25.3. The van der Waals surface area contributed by atoms with Crippen molar-refractivity contribution in [1.82, 2.24) is 4.83 Å². The van der Waals surface area contributed by atoms with E-state index in [0.717, 1.165) is 22.3 Å². The van der Waals surface area contributed by atoms with Gasteiger partial charge in [0.1, 0.15) is 0 Å². The molecule has 4 nitrogen and oxygen atoms in total. The van der Waals surface area contributed by atoms with Gasteiger partial charge < -0.3 is 0 Å². The number of nitrogens with zero attached hydrogens (tertiary/aromatic N) is 1. The lowest BCUT2D eigenvalue weighted by Gasteiger charge is -2.08. The molecule has 3 aromatic carbocycles. The van der Waals surface area contributed by atoms with E-state index in [0.29, 0.717) is 5.71 Å². The summed E-state index contributed by atoms with van der Waals surface area (Å²) in [4.78, 5) is 2.55. The molecule has 0 aliphatic carbocycles. The van der Waals surface area contributed by atoms with Gasteiger partial charge in [0.2, 0.25) is 0 Å². The first-order valence-corrected chi connectivity index (χ1v) is 10.8. The Hall–Kier alpha value is -3.18. The van der Waals surface area contributed by atoms with E-state index in [-0.39, 0.29) is 4.90 Å². The molecule has 1 N–H and O–H groups in total. The van der Waals surface area contributed by atoms with Crippen molar-refractivity contribution in [3.05, 3.63) is 107 Å². The van der Waals surface area contributed by atoms with Crippen molar-refractivity contribution >= 4 is 21.3 Å². The minimum Gasteiger partial charge on any atom is -0.200 e. The Kier molecular flexibility index (Phi) is 6.29. The van der Waals surface area contributed by atoms with Crippen molar-refractivity contribution < 1.29 is 8.42 Å². The topological polar surface area (TPSA) is 58.5 Å². The third-order valence-electron chi connectivity index (χ3n) is 4.55. The molecule has 0 aliphatic heterocycles. The van der Waals surface area contributed by atoms with Crippen LogP contribution < -0.4 is 4.83 Å². The highest BCUT2D eigenvalue weighted by molar-refractivity contribution is 7.89. The molecule has 3 rings (SSSR count). The molecule has 0 amide bonds. The van der Waals surface area contributed by atoms with E-state index in [4.69, 9.17) is 0 Å². The Morgan fingerprint density at radius 2 is 1.34 bits per heavy atom. The highest BCUT2D eigenvalue weighted by Crippen LogP contribution is 2.17. The highest BCUT2D eigenvalue weighted by atomic mass is 32.2. The molecule has 3 aromatic rings. The van der Waals surface area contributed by atoms with Crippen LogP contribution in [0.1, 0.15) is 29.2 Å². The van der Waals surface area contributed by atoms with E-state index in [1.54, 1.807) is 24.3 Å². The largest absolute Gasteiger partial charge is 0.276 e. The molecule has 0 aliphatic rings. The molecular weight excluding hydrogens is 380 g/mol. The van der Waals surface area contributed by atoms with Gasteiger partial charge in [-0.15, -0.1) is 0 Å². The van der Waals surface area contributed by atoms with Crippen LogP contribution in [0.15, 0.2) is 94.9 Å². The zero-order chi connectivity index (χ0) is 20.9. The Morgan fingerprint density at radius 1 is 0.793 bits per heavy atom. The maximum Gasteiger partial charge on any atom is 0.276 e. The second-order valence-corrected chi connectivity index (χ2v) is 8.63.